The normalized spacial score (nSPS) is 17.1. The maximum Gasteiger partial charge on any atom is 0.272 e. The molecule has 1 atom stereocenters. The summed E-state index contributed by atoms with van der Waals surface area (Å²) in [5, 5.41) is 11.5. The quantitative estimate of drug-likeness (QED) is 0.715. The van der Waals surface area contributed by atoms with Crippen molar-refractivity contribution in [1.29, 1.82) is 0 Å². The smallest absolute Gasteiger partial charge is 0.272 e. The van der Waals surface area contributed by atoms with Crippen molar-refractivity contribution in [3.05, 3.63) is 65.0 Å². The molecule has 0 radical (unpaired) electrons. The predicted molar refractivity (Wildman–Crippen MR) is 110 cm³/mol. The molecule has 0 aliphatic carbocycles. The van der Waals surface area contributed by atoms with Crippen molar-refractivity contribution in [2.75, 3.05) is 19.6 Å². The van der Waals surface area contributed by atoms with E-state index < -0.39 is 6.04 Å². The zero-order valence-corrected chi connectivity index (χ0v) is 17.4. The van der Waals surface area contributed by atoms with E-state index in [2.05, 4.69) is 20.3 Å². The second-order valence-corrected chi connectivity index (χ2v) is 7.56. The molecule has 1 N–H and O–H groups in total. The molecule has 2 aromatic heterocycles. The van der Waals surface area contributed by atoms with E-state index in [1.165, 1.54) is 0 Å². The van der Waals surface area contributed by atoms with E-state index in [9.17, 15) is 9.59 Å². The molecule has 1 aromatic carbocycles. The summed E-state index contributed by atoms with van der Waals surface area (Å²) in [5.74, 6) is 0.984. The molecule has 1 aliphatic rings. The molecule has 1 unspecified atom stereocenters. The molecule has 9 nitrogen and oxygen atoms in total. The first-order valence-electron chi connectivity index (χ1n) is 9.99. The summed E-state index contributed by atoms with van der Waals surface area (Å²) >= 11 is 0. The Hall–Kier alpha value is -3.49. The molecule has 3 aromatic rings. The lowest BCUT2D eigenvalue weighted by Crippen LogP contribution is -2.41. The van der Waals surface area contributed by atoms with E-state index in [0.29, 0.717) is 49.0 Å². The van der Waals surface area contributed by atoms with Crippen molar-refractivity contribution in [1.82, 2.24) is 34.8 Å². The molecule has 30 heavy (non-hydrogen) atoms. The number of hydrogen-bond acceptors (Lipinski definition) is 5. The number of amides is 2. The first kappa shape index (κ1) is 19.8. The van der Waals surface area contributed by atoms with E-state index in [-0.39, 0.29) is 11.8 Å². The molecule has 0 saturated carbocycles. The Bertz CT molecular complexity index is 1060. The number of H-pyrrole nitrogens is 1. The van der Waals surface area contributed by atoms with E-state index in [1.807, 2.05) is 32.0 Å². The number of aryl methyl sites for hydroxylation is 3. The summed E-state index contributed by atoms with van der Waals surface area (Å²) in [6.45, 7) is 5.05. The lowest BCUT2D eigenvalue weighted by atomic mass is 10.1. The highest BCUT2D eigenvalue weighted by atomic mass is 16.2. The maximum absolute atomic E-state index is 13.3. The number of nitrogens with zero attached hydrogens (tertiary/aromatic N) is 6. The summed E-state index contributed by atoms with van der Waals surface area (Å²) in [4.78, 5) is 34.5. The van der Waals surface area contributed by atoms with Gasteiger partial charge in [0.2, 0.25) is 0 Å². The summed E-state index contributed by atoms with van der Waals surface area (Å²) in [7, 11) is 1.76. The minimum Gasteiger partial charge on any atom is -0.335 e. The van der Waals surface area contributed by atoms with Crippen LogP contribution in [-0.4, -0.2) is 66.2 Å². The molecule has 1 aliphatic heterocycles. The highest BCUT2D eigenvalue weighted by Gasteiger charge is 2.35. The average Bonchev–Trinajstić information content (AvgIpc) is 3.24. The van der Waals surface area contributed by atoms with E-state index >= 15 is 0 Å². The third-order valence-corrected chi connectivity index (χ3v) is 5.30. The van der Waals surface area contributed by atoms with Crippen molar-refractivity contribution in [3.63, 3.8) is 0 Å². The van der Waals surface area contributed by atoms with Crippen LogP contribution in [0.2, 0.25) is 0 Å². The van der Waals surface area contributed by atoms with Gasteiger partial charge < -0.3 is 9.80 Å². The van der Waals surface area contributed by atoms with Crippen molar-refractivity contribution in [3.8, 4) is 0 Å². The summed E-state index contributed by atoms with van der Waals surface area (Å²) in [6, 6.07) is 10.5. The van der Waals surface area contributed by atoms with Crippen LogP contribution in [0.25, 0.3) is 0 Å². The zero-order valence-electron chi connectivity index (χ0n) is 17.4. The third kappa shape index (κ3) is 3.83. The molecular formula is C21H25N7O2. The molecule has 156 valence electrons. The van der Waals surface area contributed by atoms with Crippen LogP contribution in [0.5, 0.6) is 0 Å². The first-order valence-corrected chi connectivity index (χ1v) is 9.99. The van der Waals surface area contributed by atoms with Crippen LogP contribution in [0, 0.1) is 13.8 Å². The van der Waals surface area contributed by atoms with Gasteiger partial charge in [0.25, 0.3) is 11.8 Å². The van der Waals surface area contributed by atoms with Crippen LogP contribution in [0.1, 0.15) is 50.7 Å². The van der Waals surface area contributed by atoms with Gasteiger partial charge in [0.15, 0.2) is 5.82 Å². The average molecular weight is 407 g/mol. The van der Waals surface area contributed by atoms with Crippen LogP contribution >= 0.6 is 0 Å². The van der Waals surface area contributed by atoms with Crippen LogP contribution < -0.4 is 0 Å². The van der Waals surface area contributed by atoms with Crippen LogP contribution in [0.3, 0.4) is 0 Å². The Labute approximate surface area is 174 Å². The number of hydrogen-bond donors (Lipinski definition) is 1. The number of nitrogens with one attached hydrogen (secondary N) is 1. The molecule has 1 fully saturated rings. The highest BCUT2D eigenvalue weighted by molar-refractivity contribution is 5.95. The van der Waals surface area contributed by atoms with Crippen molar-refractivity contribution >= 4 is 11.8 Å². The number of rotatable bonds is 3. The fourth-order valence-corrected chi connectivity index (χ4v) is 3.86. The third-order valence-electron chi connectivity index (χ3n) is 5.30. The summed E-state index contributed by atoms with van der Waals surface area (Å²) < 4.78 is 1.60. The van der Waals surface area contributed by atoms with E-state index in [4.69, 9.17) is 0 Å². The second kappa shape index (κ2) is 8.10. The molecule has 1 saturated heterocycles. The van der Waals surface area contributed by atoms with E-state index in [1.54, 1.807) is 39.7 Å². The number of carbonyl (C=O) groups excluding carboxylic acids is 2. The molecule has 9 heteroatoms. The SMILES string of the molecule is Cc1cc(C(=O)N2CCCN(C(=O)c3ccccc3)C(c3n[nH]c(C)n3)C2)n(C)n1. The highest BCUT2D eigenvalue weighted by Crippen LogP contribution is 2.26. The first-order chi connectivity index (χ1) is 14.4. The van der Waals surface area contributed by atoms with Crippen LogP contribution in [-0.2, 0) is 7.05 Å². The molecule has 0 spiro atoms. The van der Waals surface area contributed by atoms with Gasteiger partial charge in [-0.15, -0.1) is 0 Å². The Morgan fingerprint density at radius 3 is 2.50 bits per heavy atom. The lowest BCUT2D eigenvalue weighted by Gasteiger charge is -2.30. The summed E-state index contributed by atoms with van der Waals surface area (Å²) in [6.07, 6.45) is 0.668. The Kier molecular flexibility index (Phi) is 5.35. The Morgan fingerprint density at radius 2 is 1.87 bits per heavy atom. The Morgan fingerprint density at radius 1 is 1.10 bits per heavy atom. The van der Waals surface area contributed by atoms with Crippen LogP contribution in [0.15, 0.2) is 36.4 Å². The van der Waals surface area contributed by atoms with Crippen molar-refractivity contribution < 1.29 is 9.59 Å². The number of aromatic nitrogens is 5. The van der Waals surface area contributed by atoms with Gasteiger partial charge in [0.1, 0.15) is 17.6 Å². The van der Waals surface area contributed by atoms with Gasteiger partial charge in [-0.1, -0.05) is 18.2 Å². The van der Waals surface area contributed by atoms with Crippen molar-refractivity contribution in [2.45, 2.75) is 26.3 Å². The number of carbonyl (C=O) groups is 2. The fourth-order valence-electron chi connectivity index (χ4n) is 3.86. The zero-order chi connectivity index (χ0) is 21.3. The van der Waals surface area contributed by atoms with Crippen LogP contribution in [0.4, 0.5) is 0 Å². The molecule has 2 amide bonds. The monoisotopic (exact) mass is 407 g/mol. The van der Waals surface area contributed by atoms with Gasteiger partial charge in [-0.2, -0.15) is 10.2 Å². The minimum atomic E-state index is -0.441. The largest absolute Gasteiger partial charge is 0.335 e. The van der Waals surface area contributed by atoms with Gasteiger partial charge >= 0.3 is 0 Å². The van der Waals surface area contributed by atoms with Crippen molar-refractivity contribution in [2.24, 2.45) is 7.05 Å². The van der Waals surface area contributed by atoms with E-state index in [0.717, 1.165) is 5.69 Å². The predicted octanol–water partition coefficient (Wildman–Crippen LogP) is 1.88. The molecule has 4 rings (SSSR count). The molecule has 0 bridgehead atoms. The maximum atomic E-state index is 13.3. The topological polar surface area (TPSA) is 100 Å². The van der Waals surface area contributed by atoms with Gasteiger partial charge in [0, 0.05) is 32.2 Å². The number of benzene rings is 1. The van der Waals surface area contributed by atoms with Gasteiger partial charge in [-0.3, -0.25) is 19.4 Å². The Balaban J connectivity index is 1.67. The minimum absolute atomic E-state index is 0.0891. The lowest BCUT2D eigenvalue weighted by molar-refractivity contribution is 0.0619. The number of aromatic amines is 1. The van der Waals surface area contributed by atoms with Gasteiger partial charge in [0.05, 0.1) is 5.69 Å². The fraction of sp³-hybridized carbons (Fsp3) is 0.381. The van der Waals surface area contributed by atoms with Gasteiger partial charge in [-0.05, 0) is 38.5 Å². The second-order valence-electron chi connectivity index (χ2n) is 7.56. The molecular weight excluding hydrogens is 382 g/mol. The summed E-state index contributed by atoms with van der Waals surface area (Å²) in [5.41, 5.74) is 1.93. The van der Waals surface area contributed by atoms with Gasteiger partial charge in [-0.25, -0.2) is 4.98 Å². The standard InChI is InChI=1S/C21H25N7O2/c1-14-12-17(26(3)25-14)21(30)27-10-7-11-28(20(29)16-8-5-4-6-9-16)18(13-27)19-22-15(2)23-24-19/h4-6,8-9,12,18H,7,10-11,13H2,1-3H3,(H,22,23,24). The molecule has 3 heterocycles.